The van der Waals surface area contributed by atoms with Crippen LogP contribution in [0, 0.1) is 17.3 Å². The highest BCUT2D eigenvalue weighted by molar-refractivity contribution is 5.90. The second-order valence-corrected chi connectivity index (χ2v) is 5.57. The maximum absolute atomic E-state index is 12.5. The van der Waals surface area contributed by atoms with Crippen molar-refractivity contribution in [2.24, 2.45) is 17.3 Å². The Hall–Kier alpha value is -0.850. The molecule has 0 spiro atoms. The third-order valence-electron chi connectivity index (χ3n) is 3.95. The van der Waals surface area contributed by atoms with E-state index >= 15 is 0 Å². The Morgan fingerprint density at radius 2 is 2.12 bits per heavy atom. The number of rotatable bonds is 3. The first kappa shape index (κ1) is 13.2. The van der Waals surface area contributed by atoms with Crippen molar-refractivity contribution < 1.29 is 4.79 Å². The van der Waals surface area contributed by atoms with E-state index in [-0.39, 0.29) is 17.3 Å². The number of Topliss-reactive ketones (excluding diaryl/α,β-unsaturated/α-hetero) is 1. The second kappa shape index (κ2) is 4.57. The maximum Gasteiger partial charge on any atom is 0.146 e. The van der Waals surface area contributed by atoms with Gasteiger partial charge in [0, 0.05) is 5.92 Å². The summed E-state index contributed by atoms with van der Waals surface area (Å²) in [5.41, 5.74) is 2.12. The fraction of sp³-hybridized carbons (Fsp3) is 0.667. The average molecular weight is 220 g/mol. The Kier molecular flexibility index (Phi) is 3.77. The lowest BCUT2D eigenvalue weighted by atomic mass is 9.60. The molecule has 2 atom stereocenters. The molecule has 0 N–H and O–H groups in total. The quantitative estimate of drug-likeness (QED) is 0.653. The van der Waals surface area contributed by atoms with Gasteiger partial charge in [0.1, 0.15) is 5.78 Å². The Balaban J connectivity index is 3.18. The van der Waals surface area contributed by atoms with Gasteiger partial charge in [-0.15, -0.1) is 0 Å². The topological polar surface area (TPSA) is 17.1 Å². The summed E-state index contributed by atoms with van der Waals surface area (Å²) in [7, 11) is 0. The van der Waals surface area contributed by atoms with Gasteiger partial charge in [0.15, 0.2) is 0 Å². The Morgan fingerprint density at radius 1 is 1.56 bits per heavy atom. The number of hydrogen-bond acceptors (Lipinski definition) is 1. The van der Waals surface area contributed by atoms with Gasteiger partial charge in [0.2, 0.25) is 0 Å². The normalized spacial score (nSPS) is 30.1. The van der Waals surface area contributed by atoms with Gasteiger partial charge in [-0.2, -0.15) is 0 Å². The molecular weight excluding hydrogens is 196 g/mol. The number of carbonyl (C=O) groups is 1. The van der Waals surface area contributed by atoms with E-state index in [2.05, 4.69) is 26.5 Å². The predicted octanol–water partition coefficient (Wildman–Crippen LogP) is 4.15. The Labute approximate surface area is 99.6 Å². The third kappa shape index (κ3) is 2.00. The van der Waals surface area contributed by atoms with Gasteiger partial charge < -0.3 is 0 Å². The minimum atomic E-state index is -0.312. The first-order chi connectivity index (χ1) is 7.32. The molecule has 0 saturated carbocycles. The SMILES string of the molecule is C=C(C)C1(C(=O)C(C)C)CCC(C)=CC1C. The molecule has 0 aromatic rings. The molecular formula is C15H24O. The van der Waals surface area contributed by atoms with Crippen molar-refractivity contribution in [3.05, 3.63) is 23.8 Å². The van der Waals surface area contributed by atoms with Gasteiger partial charge in [-0.25, -0.2) is 0 Å². The van der Waals surface area contributed by atoms with Crippen molar-refractivity contribution >= 4 is 5.78 Å². The Bertz CT molecular complexity index is 335. The summed E-state index contributed by atoms with van der Waals surface area (Å²) in [5.74, 6) is 0.732. The van der Waals surface area contributed by atoms with Crippen LogP contribution in [-0.2, 0) is 4.79 Å². The fourth-order valence-corrected chi connectivity index (χ4v) is 2.95. The van der Waals surface area contributed by atoms with E-state index in [9.17, 15) is 4.79 Å². The monoisotopic (exact) mass is 220 g/mol. The van der Waals surface area contributed by atoms with Crippen LogP contribution in [-0.4, -0.2) is 5.78 Å². The standard InChI is InChI=1S/C15H24O/c1-10(2)14(16)15(11(3)4)8-7-12(5)9-13(15)6/h9-10,13H,3,7-8H2,1-2,4-6H3. The van der Waals surface area contributed by atoms with E-state index in [4.69, 9.17) is 0 Å². The Morgan fingerprint density at radius 3 is 2.50 bits per heavy atom. The molecule has 0 aliphatic heterocycles. The van der Waals surface area contributed by atoms with Crippen molar-refractivity contribution in [3.63, 3.8) is 0 Å². The smallest absolute Gasteiger partial charge is 0.146 e. The molecule has 90 valence electrons. The summed E-state index contributed by atoms with van der Waals surface area (Å²) in [5, 5.41) is 0. The van der Waals surface area contributed by atoms with E-state index < -0.39 is 0 Å². The van der Waals surface area contributed by atoms with Crippen LogP contribution >= 0.6 is 0 Å². The van der Waals surface area contributed by atoms with E-state index in [1.807, 2.05) is 20.8 Å². The summed E-state index contributed by atoms with van der Waals surface area (Å²) in [6.45, 7) is 14.4. The van der Waals surface area contributed by atoms with Gasteiger partial charge in [-0.1, -0.05) is 44.6 Å². The van der Waals surface area contributed by atoms with Crippen molar-refractivity contribution in [1.29, 1.82) is 0 Å². The number of allylic oxidation sites excluding steroid dienone is 3. The second-order valence-electron chi connectivity index (χ2n) is 5.57. The molecule has 0 aromatic heterocycles. The summed E-state index contributed by atoms with van der Waals surface area (Å²) < 4.78 is 0. The largest absolute Gasteiger partial charge is 0.298 e. The molecule has 0 heterocycles. The zero-order valence-electron chi connectivity index (χ0n) is 11.3. The first-order valence-electron chi connectivity index (χ1n) is 6.20. The van der Waals surface area contributed by atoms with Crippen LogP contribution in [0.4, 0.5) is 0 Å². The van der Waals surface area contributed by atoms with Crippen LogP contribution in [0.1, 0.15) is 47.5 Å². The minimum Gasteiger partial charge on any atom is -0.298 e. The van der Waals surface area contributed by atoms with Crippen LogP contribution in [0.3, 0.4) is 0 Å². The lowest BCUT2D eigenvalue weighted by Gasteiger charge is -2.42. The average Bonchev–Trinajstić information content (AvgIpc) is 2.16. The highest BCUT2D eigenvalue weighted by atomic mass is 16.1. The van der Waals surface area contributed by atoms with E-state index in [1.165, 1.54) is 5.57 Å². The first-order valence-corrected chi connectivity index (χ1v) is 6.20. The molecule has 0 aromatic carbocycles. The highest BCUT2D eigenvalue weighted by Crippen LogP contribution is 2.47. The van der Waals surface area contributed by atoms with Crippen LogP contribution in [0.2, 0.25) is 0 Å². The van der Waals surface area contributed by atoms with Crippen molar-refractivity contribution in [2.45, 2.75) is 47.5 Å². The van der Waals surface area contributed by atoms with Gasteiger partial charge in [-0.3, -0.25) is 4.79 Å². The molecule has 16 heavy (non-hydrogen) atoms. The van der Waals surface area contributed by atoms with Crippen molar-refractivity contribution in [3.8, 4) is 0 Å². The lowest BCUT2D eigenvalue weighted by Crippen LogP contribution is -2.42. The summed E-state index contributed by atoms with van der Waals surface area (Å²) in [6, 6.07) is 0. The van der Waals surface area contributed by atoms with Crippen LogP contribution < -0.4 is 0 Å². The molecule has 0 fully saturated rings. The molecule has 1 rings (SSSR count). The lowest BCUT2D eigenvalue weighted by molar-refractivity contribution is -0.132. The van der Waals surface area contributed by atoms with Crippen molar-refractivity contribution in [2.75, 3.05) is 0 Å². The third-order valence-corrected chi connectivity index (χ3v) is 3.95. The van der Waals surface area contributed by atoms with Gasteiger partial charge in [0.25, 0.3) is 0 Å². The predicted molar refractivity (Wildman–Crippen MR) is 69.2 cm³/mol. The summed E-state index contributed by atoms with van der Waals surface area (Å²) in [4.78, 5) is 12.5. The van der Waals surface area contributed by atoms with Crippen molar-refractivity contribution in [1.82, 2.24) is 0 Å². The highest BCUT2D eigenvalue weighted by Gasteiger charge is 2.45. The maximum atomic E-state index is 12.5. The van der Waals surface area contributed by atoms with Gasteiger partial charge in [-0.05, 0) is 32.6 Å². The number of ketones is 1. The van der Waals surface area contributed by atoms with Crippen LogP contribution in [0.25, 0.3) is 0 Å². The van der Waals surface area contributed by atoms with E-state index in [0.29, 0.717) is 5.78 Å². The molecule has 0 radical (unpaired) electrons. The number of hydrogen-bond donors (Lipinski definition) is 0. The number of carbonyl (C=O) groups excluding carboxylic acids is 1. The molecule has 0 saturated heterocycles. The van der Waals surface area contributed by atoms with Gasteiger partial charge in [0.05, 0.1) is 5.41 Å². The molecule has 1 heteroatoms. The van der Waals surface area contributed by atoms with E-state index in [1.54, 1.807) is 0 Å². The summed E-state index contributed by atoms with van der Waals surface area (Å²) in [6.07, 6.45) is 4.21. The van der Waals surface area contributed by atoms with Gasteiger partial charge >= 0.3 is 0 Å². The van der Waals surface area contributed by atoms with E-state index in [0.717, 1.165) is 18.4 Å². The molecule has 1 nitrogen and oxygen atoms in total. The zero-order chi connectivity index (χ0) is 12.5. The zero-order valence-corrected chi connectivity index (χ0v) is 11.3. The minimum absolute atomic E-state index is 0.0888. The van der Waals surface area contributed by atoms with Crippen LogP contribution in [0.5, 0.6) is 0 Å². The molecule has 0 bridgehead atoms. The molecule has 1 aliphatic rings. The molecule has 2 unspecified atom stereocenters. The van der Waals surface area contributed by atoms with Crippen LogP contribution in [0.15, 0.2) is 23.8 Å². The summed E-state index contributed by atoms with van der Waals surface area (Å²) >= 11 is 0. The molecule has 1 aliphatic carbocycles. The molecule has 0 amide bonds. The fourth-order valence-electron chi connectivity index (χ4n) is 2.95.